The summed E-state index contributed by atoms with van der Waals surface area (Å²) in [4.78, 5) is 10.8. The summed E-state index contributed by atoms with van der Waals surface area (Å²) in [6.45, 7) is 2.44. The molecule has 18 heavy (non-hydrogen) atoms. The first-order valence-corrected chi connectivity index (χ1v) is 6.34. The van der Waals surface area contributed by atoms with Crippen LogP contribution in [-0.4, -0.2) is 17.6 Å². The molecule has 3 N–H and O–H groups in total. The highest BCUT2D eigenvalue weighted by molar-refractivity contribution is 5.75. The second kappa shape index (κ2) is 7.67. The number of nitrogens with two attached hydrogens (primary N) is 1. The number of hydrogen-bond acceptors (Lipinski definition) is 2. The number of carboxylic acid groups (broad SMARTS) is 1. The van der Waals surface area contributed by atoms with E-state index in [-0.39, 0.29) is 0 Å². The van der Waals surface area contributed by atoms with Crippen LogP contribution < -0.4 is 5.73 Å². The summed E-state index contributed by atoms with van der Waals surface area (Å²) in [5.74, 6) is -1.24. The smallest absolute Gasteiger partial charge is 0.310 e. The van der Waals surface area contributed by atoms with Gasteiger partial charge in [-0.2, -0.15) is 0 Å². The molecule has 0 heterocycles. The van der Waals surface area contributed by atoms with Crippen LogP contribution in [0.5, 0.6) is 0 Å². The number of carbonyl (C=O) groups is 1. The molecule has 1 aromatic carbocycles. The molecule has 0 spiro atoms. The van der Waals surface area contributed by atoms with E-state index in [1.54, 1.807) is 6.92 Å². The van der Waals surface area contributed by atoms with Gasteiger partial charge in [-0.05, 0) is 43.9 Å². The molecule has 1 unspecified atom stereocenters. The van der Waals surface area contributed by atoms with Gasteiger partial charge in [0.25, 0.3) is 0 Å². The fraction of sp³-hybridized carbons (Fsp3) is 0.400. The number of unbranched alkanes of at least 4 members (excludes halogenated alkanes) is 2. The van der Waals surface area contributed by atoms with E-state index in [4.69, 9.17) is 10.8 Å². The zero-order chi connectivity index (χ0) is 13.4. The van der Waals surface area contributed by atoms with Crippen LogP contribution in [0.2, 0.25) is 0 Å². The highest BCUT2D eigenvalue weighted by Gasteiger charge is 2.12. The Morgan fingerprint density at radius 1 is 1.33 bits per heavy atom. The van der Waals surface area contributed by atoms with Gasteiger partial charge in [0.2, 0.25) is 0 Å². The van der Waals surface area contributed by atoms with Crippen molar-refractivity contribution in [2.75, 3.05) is 6.54 Å². The van der Waals surface area contributed by atoms with Crippen molar-refractivity contribution in [1.82, 2.24) is 0 Å². The second-order valence-electron chi connectivity index (χ2n) is 4.41. The Labute approximate surface area is 108 Å². The maximum absolute atomic E-state index is 10.8. The van der Waals surface area contributed by atoms with Crippen molar-refractivity contribution in [3.05, 3.63) is 41.5 Å². The molecule has 0 saturated heterocycles. The summed E-state index contributed by atoms with van der Waals surface area (Å²) in [6.07, 6.45) is 7.39. The molecule has 0 aliphatic heterocycles. The lowest BCUT2D eigenvalue weighted by Gasteiger charge is -2.06. The number of carboxylic acids is 1. The Bertz CT molecular complexity index is 395. The molecule has 0 amide bonds. The van der Waals surface area contributed by atoms with Gasteiger partial charge >= 0.3 is 5.97 Å². The van der Waals surface area contributed by atoms with E-state index >= 15 is 0 Å². The number of hydrogen-bond donors (Lipinski definition) is 2. The summed E-state index contributed by atoms with van der Waals surface area (Å²) in [5, 5.41) is 8.90. The average molecular weight is 247 g/mol. The van der Waals surface area contributed by atoms with Crippen molar-refractivity contribution in [2.24, 2.45) is 5.73 Å². The molecule has 0 aliphatic carbocycles. The predicted octanol–water partition coefficient (Wildman–Crippen LogP) is 3.02. The van der Waals surface area contributed by atoms with Crippen LogP contribution >= 0.6 is 0 Å². The van der Waals surface area contributed by atoms with Gasteiger partial charge in [-0.1, -0.05) is 36.4 Å². The first kappa shape index (κ1) is 14.5. The lowest BCUT2D eigenvalue weighted by atomic mass is 10.00. The minimum absolute atomic E-state index is 0.451. The minimum Gasteiger partial charge on any atom is -0.481 e. The molecule has 3 nitrogen and oxygen atoms in total. The molecular formula is C15H21NO2. The Morgan fingerprint density at radius 3 is 2.56 bits per heavy atom. The van der Waals surface area contributed by atoms with Gasteiger partial charge in [0.05, 0.1) is 5.92 Å². The number of allylic oxidation sites excluding steroid dienone is 1. The van der Waals surface area contributed by atoms with Crippen LogP contribution in [0.1, 0.15) is 43.2 Å². The van der Waals surface area contributed by atoms with Gasteiger partial charge in [0.15, 0.2) is 0 Å². The highest BCUT2D eigenvalue weighted by Crippen LogP contribution is 2.16. The van der Waals surface area contributed by atoms with Crippen LogP contribution in [0.3, 0.4) is 0 Å². The third-order valence-electron chi connectivity index (χ3n) is 2.94. The predicted molar refractivity (Wildman–Crippen MR) is 74.4 cm³/mol. The summed E-state index contributed by atoms with van der Waals surface area (Å²) < 4.78 is 0. The van der Waals surface area contributed by atoms with E-state index in [9.17, 15) is 4.79 Å². The first-order valence-electron chi connectivity index (χ1n) is 6.34. The summed E-state index contributed by atoms with van der Waals surface area (Å²) in [5.41, 5.74) is 7.36. The quantitative estimate of drug-likeness (QED) is 0.728. The average Bonchev–Trinajstić information content (AvgIpc) is 2.38. The highest BCUT2D eigenvalue weighted by atomic mass is 16.4. The van der Waals surface area contributed by atoms with Crippen LogP contribution in [0.15, 0.2) is 30.3 Å². The van der Waals surface area contributed by atoms with E-state index in [0.717, 1.165) is 36.9 Å². The zero-order valence-electron chi connectivity index (χ0n) is 10.8. The largest absolute Gasteiger partial charge is 0.481 e. The monoisotopic (exact) mass is 247 g/mol. The molecule has 0 fully saturated rings. The second-order valence-corrected chi connectivity index (χ2v) is 4.41. The normalized spacial score (nSPS) is 12.8. The van der Waals surface area contributed by atoms with Gasteiger partial charge in [0.1, 0.15) is 0 Å². The van der Waals surface area contributed by atoms with Crippen molar-refractivity contribution in [1.29, 1.82) is 0 Å². The van der Waals surface area contributed by atoms with Crippen LogP contribution in [0.4, 0.5) is 0 Å². The molecule has 0 aromatic heterocycles. The zero-order valence-corrected chi connectivity index (χ0v) is 10.8. The van der Waals surface area contributed by atoms with E-state index in [0.29, 0.717) is 0 Å². The third-order valence-corrected chi connectivity index (χ3v) is 2.94. The first-order chi connectivity index (χ1) is 8.65. The summed E-state index contributed by atoms with van der Waals surface area (Å²) >= 11 is 0. The Balaban J connectivity index is 2.52. The molecule has 3 heteroatoms. The fourth-order valence-electron chi connectivity index (χ4n) is 1.66. The Kier molecular flexibility index (Phi) is 6.15. The number of rotatable bonds is 7. The molecule has 98 valence electrons. The van der Waals surface area contributed by atoms with Crippen molar-refractivity contribution >= 4 is 12.0 Å². The number of benzene rings is 1. The minimum atomic E-state index is -0.792. The molecule has 0 bridgehead atoms. The SMILES string of the molecule is CC(C(=O)O)c1ccc(/C=C/CCCCN)cc1. The summed E-state index contributed by atoms with van der Waals surface area (Å²) in [7, 11) is 0. The van der Waals surface area contributed by atoms with Crippen molar-refractivity contribution in [2.45, 2.75) is 32.1 Å². The molecule has 0 aliphatic rings. The standard InChI is InChI=1S/C15H21NO2/c1-12(15(17)18)14-9-7-13(8-10-14)6-4-2-3-5-11-16/h4,6-10,12H,2-3,5,11,16H2,1H3,(H,17,18)/b6-4+. The van der Waals surface area contributed by atoms with Gasteiger partial charge in [-0.3, -0.25) is 4.79 Å². The molecule has 0 radical (unpaired) electrons. The van der Waals surface area contributed by atoms with Crippen molar-refractivity contribution < 1.29 is 9.90 Å². The Morgan fingerprint density at radius 2 is 2.00 bits per heavy atom. The summed E-state index contributed by atoms with van der Waals surface area (Å²) in [6, 6.07) is 7.65. The molecular weight excluding hydrogens is 226 g/mol. The lowest BCUT2D eigenvalue weighted by molar-refractivity contribution is -0.138. The van der Waals surface area contributed by atoms with Gasteiger partial charge in [-0.15, -0.1) is 0 Å². The number of aliphatic carboxylic acids is 1. The Hall–Kier alpha value is -1.61. The molecule has 1 rings (SSSR count). The lowest BCUT2D eigenvalue weighted by Crippen LogP contribution is -2.06. The van der Waals surface area contributed by atoms with Crippen LogP contribution in [0, 0.1) is 0 Å². The molecule has 1 atom stereocenters. The topological polar surface area (TPSA) is 63.3 Å². The fourth-order valence-corrected chi connectivity index (χ4v) is 1.66. The maximum atomic E-state index is 10.8. The van der Waals surface area contributed by atoms with E-state index in [2.05, 4.69) is 12.2 Å². The van der Waals surface area contributed by atoms with E-state index in [1.807, 2.05) is 24.3 Å². The molecule has 1 aromatic rings. The van der Waals surface area contributed by atoms with E-state index < -0.39 is 11.9 Å². The van der Waals surface area contributed by atoms with Gasteiger partial charge in [-0.25, -0.2) is 0 Å². The van der Waals surface area contributed by atoms with Gasteiger partial charge in [0, 0.05) is 0 Å². The van der Waals surface area contributed by atoms with Gasteiger partial charge < -0.3 is 10.8 Å². The van der Waals surface area contributed by atoms with Crippen molar-refractivity contribution in [3.63, 3.8) is 0 Å². The van der Waals surface area contributed by atoms with E-state index in [1.165, 1.54) is 0 Å². The maximum Gasteiger partial charge on any atom is 0.310 e. The van der Waals surface area contributed by atoms with Crippen molar-refractivity contribution in [3.8, 4) is 0 Å². The van der Waals surface area contributed by atoms with Crippen LogP contribution in [0.25, 0.3) is 6.08 Å². The third kappa shape index (κ3) is 4.72. The van der Waals surface area contributed by atoms with Crippen LogP contribution in [-0.2, 0) is 4.79 Å². The molecule has 0 saturated carbocycles.